The highest BCUT2D eigenvalue weighted by atomic mass is 16.5. The number of carbonyl (C=O) groups is 1. The SMILES string of the molecule is CCOc1cc2c(cc1NC(=O)C1CCCN(c3ncccn3)C1)OC(C)C2. The lowest BCUT2D eigenvalue weighted by Gasteiger charge is -2.32. The molecule has 0 bridgehead atoms. The zero-order valence-electron chi connectivity index (χ0n) is 16.4. The number of nitrogens with zero attached hydrogens (tertiary/aromatic N) is 3. The summed E-state index contributed by atoms with van der Waals surface area (Å²) >= 11 is 0. The van der Waals surface area contributed by atoms with Crippen LogP contribution in [0.3, 0.4) is 0 Å². The Bertz CT molecular complexity index is 843. The number of ether oxygens (including phenoxy) is 2. The lowest BCUT2D eigenvalue weighted by atomic mass is 9.97. The first-order valence-electron chi connectivity index (χ1n) is 9.93. The molecule has 7 nitrogen and oxygen atoms in total. The van der Waals surface area contributed by atoms with E-state index in [1.807, 2.05) is 26.0 Å². The van der Waals surface area contributed by atoms with Crippen LogP contribution in [-0.4, -0.2) is 41.7 Å². The van der Waals surface area contributed by atoms with E-state index in [4.69, 9.17) is 9.47 Å². The summed E-state index contributed by atoms with van der Waals surface area (Å²) in [6, 6.07) is 5.68. The molecule has 2 aliphatic heterocycles. The van der Waals surface area contributed by atoms with Crippen molar-refractivity contribution in [2.24, 2.45) is 5.92 Å². The molecule has 0 saturated carbocycles. The highest BCUT2D eigenvalue weighted by Gasteiger charge is 2.29. The molecule has 148 valence electrons. The van der Waals surface area contributed by atoms with Gasteiger partial charge in [-0.3, -0.25) is 4.79 Å². The minimum absolute atomic E-state index is 0.00687. The summed E-state index contributed by atoms with van der Waals surface area (Å²) in [5.74, 6) is 2.07. The van der Waals surface area contributed by atoms with Crippen LogP contribution >= 0.6 is 0 Å². The normalized spacial score (nSPS) is 21.0. The average Bonchev–Trinajstić information content (AvgIpc) is 3.08. The van der Waals surface area contributed by atoms with Crippen LogP contribution in [-0.2, 0) is 11.2 Å². The fraction of sp³-hybridized carbons (Fsp3) is 0.476. The highest BCUT2D eigenvalue weighted by Crippen LogP contribution is 2.38. The number of anilines is 2. The van der Waals surface area contributed by atoms with Crippen LogP contribution < -0.4 is 19.7 Å². The number of carbonyl (C=O) groups excluding carboxylic acids is 1. The van der Waals surface area contributed by atoms with Gasteiger partial charge in [0.05, 0.1) is 18.2 Å². The summed E-state index contributed by atoms with van der Waals surface area (Å²) in [5, 5.41) is 3.07. The molecule has 1 fully saturated rings. The number of amides is 1. The Morgan fingerprint density at radius 1 is 1.36 bits per heavy atom. The standard InChI is InChI=1S/C21H26N4O3/c1-3-27-19-11-16-10-14(2)28-18(16)12-17(19)24-20(26)15-6-4-9-25(13-15)21-22-7-5-8-23-21/h5,7-8,11-12,14-15H,3-4,6,9-10,13H2,1-2H3,(H,24,26). The summed E-state index contributed by atoms with van der Waals surface area (Å²) in [4.78, 5) is 23.7. The summed E-state index contributed by atoms with van der Waals surface area (Å²) in [7, 11) is 0. The van der Waals surface area contributed by atoms with E-state index in [-0.39, 0.29) is 17.9 Å². The molecule has 0 spiro atoms. The summed E-state index contributed by atoms with van der Waals surface area (Å²) in [5.41, 5.74) is 1.80. The van der Waals surface area contributed by atoms with Crippen LogP contribution in [0.4, 0.5) is 11.6 Å². The van der Waals surface area contributed by atoms with Crippen LogP contribution in [0.25, 0.3) is 0 Å². The van der Waals surface area contributed by atoms with E-state index in [0.29, 0.717) is 30.5 Å². The number of hydrogen-bond donors (Lipinski definition) is 1. The van der Waals surface area contributed by atoms with Gasteiger partial charge in [-0.05, 0) is 38.8 Å². The van der Waals surface area contributed by atoms with E-state index in [0.717, 1.165) is 37.1 Å². The van der Waals surface area contributed by atoms with Gasteiger partial charge in [0.1, 0.15) is 17.6 Å². The number of aromatic nitrogens is 2. The first-order valence-corrected chi connectivity index (χ1v) is 9.93. The highest BCUT2D eigenvalue weighted by molar-refractivity contribution is 5.94. The van der Waals surface area contributed by atoms with Crippen molar-refractivity contribution in [1.29, 1.82) is 0 Å². The minimum Gasteiger partial charge on any atom is -0.492 e. The van der Waals surface area contributed by atoms with E-state index in [2.05, 4.69) is 20.2 Å². The molecule has 2 aromatic rings. The maximum absolute atomic E-state index is 13.0. The fourth-order valence-corrected chi connectivity index (χ4v) is 3.87. The van der Waals surface area contributed by atoms with Gasteiger partial charge in [0, 0.05) is 43.5 Å². The number of fused-ring (bicyclic) bond motifs is 1. The predicted molar refractivity (Wildman–Crippen MR) is 107 cm³/mol. The van der Waals surface area contributed by atoms with E-state index in [1.165, 1.54) is 0 Å². The molecule has 2 unspecified atom stereocenters. The number of rotatable bonds is 5. The second kappa shape index (κ2) is 8.04. The number of benzene rings is 1. The van der Waals surface area contributed by atoms with Gasteiger partial charge in [0.2, 0.25) is 11.9 Å². The molecule has 7 heteroatoms. The van der Waals surface area contributed by atoms with Crippen molar-refractivity contribution in [3.8, 4) is 11.5 Å². The maximum atomic E-state index is 13.0. The molecule has 1 saturated heterocycles. The second-order valence-corrected chi connectivity index (χ2v) is 7.34. The van der Waals surface area contributed by atoms with Crippen LogP contribution in [0, 0.1) is 5.92 Å². The summed E-state index contributed by atoms with van der Waals surface area (Å²) in [6.45, 7) is 6.00. The van der Waals surface area contributed by atoms with Gasteiger partial charge in [-0.25, -0.2) is 9.97 Å². The molecule has 2 atom stereocenters. The molecule has 0 radical (unpaired) electrons. The molecule has 28 heavy (non-hydrogen) atoms. The molecule has 1 aromatic heterocycles. The van der Waals surface area contributed by atoms with Crippen molar-refractivity contribution in [2.75, 3.05) is 29.9 Å². The topological polar surface area (TPSA) is 76.6 Å². The average molecular weight is 382 g/mol. The molecule has 2 aliphatic rings. The number of hydrogen-bond acceptors (Lipinski definition) is 6. The quantitative estimate of drug-likeness (QED) is 0.857. The van der Waals surface area contributed by atoms with Crippen LogP contribution in [0.2, 0.25) is 0 Å². The first-order chi connectivity index (χ1) is 13.6. The van der Waals surface area contributed by atoms with Crippen LogP contribution in [0.1, 0.15) is 32.3 Å². The summed E-state index contributed by atoms with van der Waals surface area (Å²) < 4.78 is 11.6. The van der Waals surface area contributed by atoms with Crippen molar-refractivity contribution in [3.63, 3.8) is 0 Å². The van der Waals surface area contributed by atoms with Gasteiger partial charge in [-0.15, -0.1) is 0 Å². The Kier molecular flexibility index (Phi) is 5.32. The van der Waals surface area contributed by atoms with Gasteiger partial charge in [0.25, 0.3) is 0 Å². The van der Waals surface area contributed by atoms with Gasteiger partial charge >= 0.3 is 0 Å². The van der Waals surface area contributed by atoms with Crippen LogP contribution in [0.5, 0.6) is 11.5 Å². The monoisotopic (exact) mass is 382 g/mol. The lowest BCUT2D eigenvalue weighted by molar-refractivity contribution is -0.120. The Balaban J connectivity index is 1.49. The minimum atomic E-state index is -0.125. The predicted octanol–water partition coefficient (Wildman–Crippen LogP) is 3.05. The largest absolute Gasteiger partial charge is 0.492 e. The third-order valence-corrected chi connectivity index (χ3v) is 5.18. The molecule has 4 rings (SSSR count). The molecular weight excluding hydrogens is 356 g/mol. The van der Waals surface area contributed by atoms with Gasteiger partial charge < -0.3 is 19.7 Å². The van der Waals surface area contributed by atoms with Crippen molar-refractivity contribution >= 4 is 17.5 Å². The Labute approximate surface area is 165 Å². The van der Waals surface area contributed by atoms with Gasteiger partial charge in [-0.2, -0.15) is 0 Å². The van der Waals surface area contributed by atoms with E-state index in [1.54, 1.807) is 18.5 Å². The number of nitrogens with one attached hydrogen (secondary N) is 1. The van der Waals surface area contributed by atoms with Gasteiger partial charge in [0.15, 0.2) is 0 Å². The Hall–Kier alpha value is -2.83. The lowest BCUT2D eigenvalue weighted by Crippen LogP contribution is -2.41. The van der Waals surface area contributed by atoms with Gasteiger partial charge in [-0.1, -0.05) is 0 Å². The van der Waals surface area contributed by atoms with Crippen molar-refractivity contribution in [3.05, 3.63) is 36.2 Å². The fourth-order valence-electron chi connectivity index (χ4n) is 3.87. The van der Waals surface area contributed by atoms with E-state index in [9.17, 15) is 4.79 Å². The molecule has 1 amide bonds. The zero-order chi connectivity index (χ0) is 19.5. The smallest absolute Gasteiger partial charge is 0.229 e. The number of piperidine rings is 1. The molecule has 3 heterocycles. The third-order valence-electron chi connectivity index (χ3n) is 5.18. The van der Waals surface area contributed by atoms with Crippen molar-refractivity contribution in [1.82, 2.24) is 9.97 Å². The Morgan fingerprint density at radius 3 is 2.96 bits per heavy atom. The Morgan fingerprint density at radius 2 is 2.18 bits per heavy atom. The van der Waals surface area contributed by atoms with Crippen molar-refractivity contribution in [2.45, 2.75) is 39.2 Å². The molecule has 1 aromatic carbocycles. The molecule has 0 aliphatic carbocycles. The maximum Gasteiger partial charge on any atom is 0.229 e. The molecule has 1 N–H and O–H groups in total. The van der Waals surface area contributed by atoms with Crippen molar-refractivity contribution < 1.29 is 14.3 Å². The summed E-state index contributed by atoms with van der Waals surface area (Å²) in [6.07, 6.45) is 6.24. The first kappa shape index (κ1) is 18.5. The molecular formula is C21H26N4O3. The second-order valence-electron chi connectivity index (χ2n) is 7.34. The zero-order valence-corrected chi connectivity index (χ0v) is 16.4. The third kappa shape index (κ3) is 3.88. The van der Waals surface area contributed by atoms with E-state index >= 15 is 0 Å². The van der Waals surface area contributed by atoms with Crippen LogP contribution in [0.15, 0.2) is 30.6 Å². The van der Waals surface area contributed by atoms with E-state index < -0.39 is 0 Å².